The molecule has 0 aliphatic rings. The first-order valence-electron chi connectivity index (χ1n) is 9.10. The van der Waals surface area contributed by atoms with Crippen molar-refractivity contribution in [3.05, 3.63) is 45.9 Å². The normalized spacial score (nSPS) is 10.5. The van der Waals surface area contributed by atoms with Crippen molar-refractivity contribution in [1.82, 2.24) is 15.1 Å². The number of H-pyrrole nitrogens is 1. The van der Waals surface area contributed by atoms with Gasteiger partial charge in [0.1, 0.15) is 11.4 Å². The molecular formula is C19H20N6O6S. The number of aromatic amines is 1. The number of hydrogen-bond donors (Lipinski definition) is 4. The summed E-state index contributed by atoms with van der Waals surface area (Å²) < 4.78 is 15.2. The van der Waals surface area contributed by atoms with Gasteiger partial charge in [0.2, 0.25) is 5.91 Å². The Morgan fingerprint density at radius 2 is 1.94 bits per heavy atom. The minimum atomic E-state index is -0.665. The van der Waals surface area contributed by atoms with Crippen LogP contribution in [0.4, 0.5) is 17.3 Å². The average molecular weight is 460 g/mol. The predicted molar refractivity (Wildman–Crippen MR) is 117 cm³/mol. The molecule has 13 heteroatoms. The third-order valence-electron chi connectivity index (χ3n) is 4.05. The molecule has 32 heavy (non-hydrogen) atoms. The monoisotopic (exact) mass is 460 g/mol. The van der Waals surface area contributed by atoms with Crippen LogP contribution in [0.25, 0.3) is 0 Å². The van der Waals surface area contributed by atoms with Crippen LogP contribution in [0.2, 0.25) is 0 Å². The zero-order valence-electron chi connectivity index (χ0n) is 17.3. The molecular weight excluding hydrogens is 440 g/mol. The maximum atomic E-state index is 12.5. The van der Waals surface area contributed by atoms with Gasteiger partial charge in [-0.15, -0.1) is 0 Å². The lowest BCUT2D eigenvalue weighted by Gasteiger charge is -2.11. The quantitative estimate of drug-likeness (QED) is 0.286. The number of carbonyl (C=O) groups is 2. The fourth-order valence-electron chi connectivity index (χ4n) is 2.56. The molecule has 0 saturated heterocycles. The van der Waals surface area contributed by atoms with Crippen molar-refractivity contribution in [2.75, 3.05) is 36.3 Å². The maximum Gasteiger partial charge on any atom is 0.277 e. The topological polar surface area (TPSA) is 174 Å². The molecule has 12 nitrogen and oxygen atoms in total. The van der Waals surface area contributed by atoms with E-state index in [2.05, 4.69) is 25.8 Å². The first-order chi connectivity index (χ1) is 15.3. The number of rotatable bonds is 8. The first-order valence-corrected chi connectivity index (χ1v) is 10.1. The molecule has 2 amide bonds. The summed E-state index contributed by atoms with van der Waals surface area (Å²) >= 11 is 0.956. The summed E-state index contributed by atoms with van der Waals surface area (Å²) in [5, 5.41) is 8.75. The standard InChI is InChI=1S/C19H20N6O6S/c1-9-6-13(25-31-9)21-14(26)8-32-19-23-16(20)15(18(28)24-19)22-17(27)10-4-5-11(29-2)12(7-10)30-3/h4-7H,8H2,1-3H3,(H,22,27)(H,21,25,26)(H3,20,23,24,28). The van der Waals surface area contributed by atoms with Crippen LogP contribution in [-0.4, -0.2) is 46.9 Å². The molecule has 0 saturated carbocycles. The van der Waals surface area contributed by atoms with Crippen LogP contribution in [0, 0.1) is 6.92 Å². The number of nitrogen functional groups attached to an aromatic ring is 1. The van der Waals surface area contributed by atoms with Crippen LogP contribution >= 0.6 is 11.8 Å². The third kappa shape index (κ3) is 5.37. The largest absolute Gasteiger partial charge is 0.493 e. The van der Waals surface area contributed by atoms with Gasteiger partial charge in [-0.3, -0.25) is 19.4 Å². The van der Waals surface area contributed by atoms with Crippen molar-refractivity contribution in [2.24, 2.45) is 0 Å². The molecule has 2 heterocycles. The number of thioether (sulfide) groups is 1. The Hall–Kier alpha value is -4.00. The van der Waals surface area contributed by atoms with Gasteiger partial charge in [-0.2, -0.15) is 0 Å². The lowest BCUT2D eigenvalue weighted by molar-refractivity contribution is -0.113. The second-order valence-corrected chi connectivity index (χ2v) is 7.28. The van der Waals surface area contributed by atoms with Crippen molar-refractivity contribution in [2.45, 2.75) is 12.1 Å². The number of amides is 2. The van der Waals surface area contributed by atoms with E-state index in [1.165, 1.54) is 26.4 Å². The Morgan fingerprint density at radius 1 is 1.19 bits per heavy atom. The lowest BCUT2D eigenvalue weighted by Crippen LogP contribution is -2.23. The molecule has 0 aliphatic heterocycles. The van der Waals surface area contributed by atoms with Crippen molar-refractivity contribution >= 4 is 40.9 Å². The molecule has 0 fully saturated rings. The number of benzene rings is 1. The number of aryl methyl sites for hydroxylation is 1. The van der Waals surface area contributed by atoms with E-state index in [0.29, 0.717) is 17.3 Å². The van der Waals surface area contributed by atoms with Gasteiger partial charge in [0.15, 0.2) is 28.3 Å². The minimum Gasteiger partial charge on any atom is -0.493 e. The highest BCUT2D eigenvalue weighted by Gasteiger charge is 2.17. The molecule has 0 bridgehead atoms. The van der Waals surface area contributed by atoms with E-state index in [9.17, 15) is 14.4 Å². The molecule has 1 aromatic carbocycles. The van der Waals surface area contributed by atoms with E-state index < -0.39 is 11.5 Å². The van der Waals surface area contributed by atoms with E-state index >= 15 is 0 Å². The van der Waals surface area contributed by atoms with Gasteiger partial charge in [-0.25, -0.2) is 4.98 Å². The first kappa shape index (κ1) is 22.7. The van der Waals surface area contributed by atoms with Crippen molar-refractivity contribution in [3.8, 4) is 11.5 Å². The molecule has 0 radical (unpaired) electrons. The summed E-state index contributed by atoms with van der Waals surface area (Å²) in [4.78, 5) is 43.5. The Bertz CT molecular complexity index is 1210. The summed E-state index contributed by atoms with van der Waals surface area (Å²) in [6.07, 6.45) is 0. The smallest absolute Gasteiger partial charge is 0.277 e. The van der Waals surface area contributed by atoms with E-state index in [4.69, 9.17) is 19.7 Å². The third-order valence-corrected chi connectivity index (χ3v) is 4.92. The number of hydrogen-bond acceptors (Lipinski definition) is 10. The second-order valence-electron chi connectivity index (χ2n) is 6.31. The fourth-order valence-corrected chi connectivity index (χ4v) is 3.23. The molecule has 2 aromatic heterocycles. The molecule has 0 spiro atoms. The van der Waals surface area contributed by atoms with Gasteiger partial charge in [0, 0.05) is 11.6 Å². The summed E-state index contributed by atoms with van der Waals surface area (Å²) in [5.41, 5.74) is 5.20. The Labute approximate surface area is 185 Å². The number of carbonyl (C=O) groups excluding carboxylic acids is 2. The Balaban J connectivity index is 1.67. The number of nitrogens with zero attached hydrogens (tertiary/aromatic N) is 2. The number of nitrogens with one attached hydrogen (secondary N) is 3. The Morgan fingerprint density at radius 3 is 2.56 bits per heavy atom. The van der Waals surface area contributed by atoms with Crippen LogP contribution in [0.1, 0.15) is 16.1 Å². The summed E-state index contributed by atoms with van der Waals surface area (Å²) in [7, 11) is 2.91. The SMILES string of the molecule is COc1ccc(C(=O)Nc2c(N)nc(SCC(=O)Nc3cc(C)on3)[nH]c2=O)cc1OC. The number of anilines is 3. The fraction of sp³-hybridized carbons (Fsp3) is 0.211. The van der Waals surface area contributed by atoms with Crippen LogP contribution < -0.4 is 31.4 Å². The number of aromatic nitrogens is 3. The molecule has 168 valence electrons. The molecule has 5 N–H and O–H groups in total. The van der Waals surface area contributed by atoms with E-state index in [0.717, 1.165) is 11.8 Å². The molecule has 0 unspecified atom stereocenters. The molecule has 3 rings (SSSR count). The van der Waals surface area contributed by atoms with Gasteiger partial charge >= 0.3 is 0 Å². The summed E-state index contributed by atoms with van der Waals surface area (Å²) in [5.74, 6) is 0.407. The molecule has 0 aliphatic carbocycles. The second kappa shape index (κ2) is 9.87. The maximum absolute atomic E-state index is 12.5. The van der Waals surface area contributed by atoms with Crippen LogP contribution in [-0.2, 0) is 4.79 Å². The van der Waals surface area contributed by atoms with Gasteiger partial charge < -0.3 is 30.4 Å². The lowest BCUT2D eigenvalue weighted by atomic mass is 10.2. The van der Waals surface area contributed by atoms with Gasteiger partial charge in [0.05, 0.1) is 20.0 Å². The van der Waals surface area contributed by atoms with Gasteiger partial charge in [0.25, 0.3) is 11.5 Å². The Kier molecular flexibility index (Phi) is 7.00. The van der Waals surface area contributed by atoms with E-state index in [1.54, 1.807) is 19.1 Å². The van der Waals surface area contributed by atoms with Gasteiger partial charge in [-0.05, 0) is 25.1 Å². The highest BCUT2D eigenvalue weighted by Crippen LogP contribution is 2.28. The summed E-state index contributed by atoms with van der Waals surface area (Å²) in [6.45, 7) is 1.69. The van der Waals surface area contributed by atoms with E-state index in [1.807, 2.05) is 0 Å². The number of methoxy groups -OCH3 is 2. The zero-order chi connectivity index (χ0) is 23.3. The van der Waals surface area contributed by atoms with Crippen LogP contribution in [0.5, 0.6) is 11.5 Å². The average Bonchev–Trinajstić information content (AvgIpc) is 3.18. The molecule has 0 atom stereocenters. The highest BCUT2D eigenvalue weighted by molar-refractivity contribution is 7.99. The van der Waals surface area contributed by atoms with Crippen LogP contribution in [0.15, 0.2) is 38.7 Å². The van der Waals surface area contributed by atoms with Crippen molar-refractivity contribution < 1.29 is 23.6 Å². The summed E-state index contributed by atoms with van der Waals surface area (Å²) in [6, 6.07) is 6.10. The highest BCUT2D eigenvalue weighted by atomic mass is 32.2. The van der Waals surface area contributed by atoms with Crippen molar-refractivity contribution in [1.29, 1.82) is 0 Å². The van der Waals surface area contributed by atoms with Gasteiger partial charge in [-0.1, -0.05) is 16.9 Å². The van der Waals surface area contributed by atoms with Crippen molar-refractivity contribution in [3.63, 3.8) is 0 Å². The number of nitrogens with two attached hydrogens (primary N) is 1. The predicted octanol–water partition coefficient (Wildman–Crippen LogP) is 1.65. The van der Waals surface area contributed by atoms with E-state index in [-0.39, 0.29) is 39.7 Å². The minimum absolute atomic E-state index is 0.0639. The number of ether oxygens (including phenoxy) is 2. The van der Waals surface area contributed by atoms with Crippen LogP contribution in [0.3, 0.4) is 0 Å². The molecule has 3 aromatic rings. The zero-order valence-corrected chi connectivity index (χ0v) is 18.2.